The molecule has 0 aliphatic heterocycles. The van der Waals surface area contributed by atoms with E-state index in [2.05, 4.69) is 38.1 Å². The Morgan fingerprint density at radius 1 is 0.600 bits per heavy atom. The predicted octanol–water partition coefficient (Wildman–Crippen LogP) is 4.33. The third-order valence-electron chi connectivity index (χ3n) is 1.66. The molecule has 0 aromatic heterocycles. The van der Waals surface area contributed by atoms with E-state index in [1.54, 1.807) is 0 Å². The maximum Gasteiger partial charge on any atom is 4.00 e. The summed E-state index contributed by atoms with van der Waals surface area (Å²) < 4.78 is 0. The molecule has 0 saturated heterocycles. The maximum atomic E-state index is 2.08. The van der Waals surface area contributed by atoms with Gasteiger partial charge in [0, 0.05) is 0 Å². The molecule has 1 heteroatoms. The third-order valence-corrected chi connectivity index (χ3v) is 1.66. The van der Waals surface area contributed by atoms with Crippen molar-refractivity contribution in [3.63, 3.8) is 0 Å². The van der Waals surface area contributed by atoms with Crippen LogP contribution >= 0.6 is 0 Å². The quantitative estimate of drug-likeness (QED) is 0.472. The Morgan fingerprint density at radius 2 is 0.800 bits per heavy atom. The largest absolute Gasteiger partial charge is 4.00 e. The minimum atomic E-state index is 0. The van der Waals surface area contributed by atoms with Crippen molar-refractivity contribution in [2.75, 3.05) is 0 Å². The van der Waals surface area contributed by atoms with Crippen LogP contribution in [0.3, 0.4) is 0 Å². The van der Waals surface area contributed by atoms with E-state index in [4.69, 9.17) is 0 Å². The fraction of sp³-hybridized carbons (Fsp3) is 0.143. The number of rotatable bonds is 0. The zero-order valence-corrected chi connectivity index (χ0v) is 11.7. The average molecular weight is 236 g/mol. The molecule has 2 rings (SSSR count). The zero-order valence-electron chi connectivity index (χ0n) is 10.1. The summed E-state index contributed by atoms with van der Waals surface area (Å²) in [5, 5.41) is 0. The molecule has 15 heavy (non-hydrogen) atoms. The van der Waals surface area contributed by atoms with Crippen molar-refractivity contribution in [2.24, 2.45) is 0 Å². The van der Waals surface area contributed by atoms with Crippen LogP contribution in [0.2, 0.25) is 0 Å². The van der Waals surface area contributed by atoms with Crippen molar-refractivity contribution in [2.45, 2.75) is 13.8 Å². The Kier molecular flexibility index (Phi) is 15.2. The molecule has 0 atom stereocenters. The number of aryl methyl sites for hydroxylation is 2. The SMILES string of the molecule is C[c-]1cccc1.C[c-]1cccc1.[CH3-].[CH3-].[Ti+4]. The topological polar surface area (TPSA) is 0 Å². The van der Waals surface area contributed by atoms with Crippen LogP contribution in [-0.2, 0) is 21.7 Å². The van der Waals surface area contributed by atoms with Crippen LogP contribution in [0.4, 0.5) is 0 Å². The molecule has 80 valence electrons. The first-order valence-electron chi connectivity index (χ1n) is 4.15. The molecular weight excluding hydrogens is 216 g/mol. The van der Waals surface area contributed by atoms with E-state index in [1.807, 2.05) is 24.3 Å². The Hall–Kier alpha value is -0.586. The molecule has 0 spiro atoms. The fourth-order valence-electron chi connectivity index (χ4n) is 0.940. The number of hydrogen-bond donors (Lipinski definition) is 0. The molecule has 0 bridgehead atoms. The molecule has 0 aliphatic carbocycles. The second-order valence-electron chi connectivity index (χ2n) is 2.92. The molecule has 0 unspecified atom stereocenters. The summed E-state index contributed by atoms with van der Waals surface area (Å²) in [6.45, 7) is 4.17. The molecule has 0 heterocycles. The molecule has 2 aromatic carbocycles. The average Bonchev–Trinajstić information content (AvgIpc) is 2.63. The van der Waals surface area contributed by atoms with Gasteiger partial charge in [-0.15, -0.1) is 0 Å². The van der Waals surface area contributed by atoms with Gasteiger partial charge in [-0.2, -0.15) is 35.4 Å². The van der Waals surface area contributed by atoms with Gasteiger partial charge < -0.3 is 14.9 Å². The van der Waals surface area contributed by atoms with Crippen molar-refractivity contribution in [1.82, 2.24) is 0 Å². The minimum Gasteiger partial charge on any atom is -0.358 e. The van der Waals surface area contributed by atoms with Crippen molar-refractivity contribution in [3.8, 4) is 0 Å². The van der Waals surface area contributed by atoms with E-state index >= 15 is 0 Å². The summed E-state index contributed by atoms with van der Waals surface area (Å²) in [4.78, 5) is 0. The van der Waals surface area contributed by atoms with Gasteiger partial charge in [0.1, 0.15) is 0 Å². The second kappa shape index (κ2) is 11.5. The van der Waals surface area contributed by atoms with Gasteiger partial charge in [-0.1, -0.05) is 13.8 Å². The van der Waals surface area contributed by atoms with Crippen molar-refractivity contribution in [3.05, 3.63) is 74.5 Å². The first kappa shape index (κ1) is 19.9. The van der Waals surface area contributed by atoms with Crippen LogP contribution in [0.15, 0.2) is 48.5 Å². The molecule has 0 aliphatic rings. The van der Waals surface area contributed by atoms with E-state index in [0.717, 1.165) is 0 Å². The summed E-state index contributed by atoms with van der Waals surface area (Å²) in [6.07, 6.45) is 0. The summed E-state index contributed by atoms with van der Waals surface area (Å²) >= 11 is 0. The molecule has 0 saturated carbocycles. The van der Waals surface area contributed by atoms with Crippen LogP contribution in [0, 0.1) is 28.7 Å². The predicted molar refractivity (Wildman–Crippen MR) is 66.4 cm³/mol. The summed E-state index contributed by atoms with van der Waals surface area (Å²) in [5.74, 6) is 0. The smallest absolute Gasteiger partial charge is 0.358 e. The standard InChI is InChI=1S/2C6H7.2CH3.Ti/c2*1-6-4-2-3-5-6;;;/h2*2-5H,1H3;2*1H3;/q4*-1;+4. The van der Waals surface area contributed by atoms with E-state index in [-0.39, 0.29) is 36.6 Å². The Labute approximate surface area is 110 Å². The monoisotopic (exact) mass is 236 g/mol. The first-order chi connectivity index (χ1) is 5.79. The van der Waals surface area contributed by atoms with Gasteiger partial charge >= 0.3 is 21.7 Å². The van der Waals surface area contributed by atoms with Crippen LogP contribution in [-0.4, -0.2) is 0 Å². The Morgan fingerprint density at radius 3 is 0.867 bits per heavy atom. The van der Waals surface area contributed by atoms with Gasteiger partial charge in [-0.25, -0.2) is 24.3 Å². The normalized spacial score (nSPS) is 7.07. The fourth-order valence-corrected chi connectivity index (χ4v) is 0.940. The zero-order chi connectivity index (χ0) is 8.81. The molecule has 0 radical (unpaired) electrons. The van der Waals surface area contributed by atoms with Gasteiger partial charge in [0.15, 0.2) is 0 Å². The molecule has 0 nitrogen and oxygen atoms in total. The first-order valence-corrected chi connectivity index (χ1v) is 4.15. The molecule has 0 N–H and O–H groups in total. The van der Waals surface area contributed by atoms with E-state index in [9.17, 15) is 0 Å². The van der Waals surface area contributed by atoms with Gasteiger partial charge in [-0.3, -0.25) is 0 Å². The molecular formula is C14H20Ti. The Bertz CT molecular complexity index is 245. The minimum absolute atomic E-state index is 0. The van der Waals surface area contributed by atoms with Gasteiger partial charge in [0.25, 0.3) is 0 Å². The van der Waals surface area contributed by atoms with Crippen molar-refractivity contribution < 1.29 is 21.7 Å². The van der Waals surface area contributed by atoms with Crippen LogP contribution in [0.25, 0.3) is 0 Å². The van der Waals surface area contributed by atoms with Gasteiger partial charge in [-0.05, 0) is 0 Å². The maximum absolute atomic E-state index is 2.08. The van der Waals surface area contributed by atoms with Crippen molar-refractivity contribution >= 4 is 0 Å². The summed E-state index contributed by atoms with van der Waals surface area (Å²) in [5.41, 5.74) is 2.69. The third kappa shape index (κ3) is 9.71. The van der Waals surface area contributed by atoms with Crippen LogP contribution in [0.5, 0.6) is 0 Å². The molecule has 0 amide bonds. The molecule has 2 aromatic rings. The van der Waals surface area contributed by atoms with E-state index in [0.29, 0.717) is 0 Å². The molecule has 0 fully saturated rings. The van der Waals surface area contributed by atoms with Gasteiger partial charge in [0.2, 0.25) is 0 Å². The van der Waals surface area contributed by atoms with Crippen LogP contribution in [0.1, 0.15) is 11.1 Å². The van der Waals surface area contributed by atoms with E-state index in [1.165, 1.54) is 11.1 Å². The second-order valence-corrected chi connectivity index (χ2v) is 2.92. The van der Waals surface area contributed by atoms with E-state index < -0.39 is 0 Å². The summed E-state index contributed by atoms with van der Waals surface area (Å²) in [7, 11) is 0. The Balaban J connectivity index is -0.000000160. The summed E-state index contributed by atoms with van der Waals surface area (Å²) in [6, 6.07) is 16.5. The van der Waals surface area contributed by atoms with Crippen LogP contribution < -0.4 is 0 Å². The van der Waals surface area contributed by atoms with Crippen molar-refractivity contribution in [1.29, 1.82) is 0 Å². The van der Waals surface area contributed by atoms with Gasteiger partial charge in [0.05, 0.1) is 0 Å². The number of hydrogen-bond acceptors (Lipinski definition) is 0.